The monoisotopic (exact) mass is 296 g/mol. The highest BCUT2D eigenvalue weighted by Crippen LogP contribution is 2.21. The van der Waals surface area contributed by atoms with Gasteiger partial charge in [-0.15, -0.1) is 0 Å². The molecule has 1 aromatic heterocycles. The summed E-state index contributed by atoms with van der Waals surface area (Å²) in [6.45, 7) is 3.35. The standard InChI is InChI=1S/C18H20N2O2/c1-19-9-11-20(12-10-19)18(21)17(14-16-8-5-13-22-16)15-6-3-2-4-7-15/h2-8,13-14H,9-12H2,1H3. The summed E-state index contributed by atoms with van der Waals surface area (Å²) in [5.41, 5.74) is 1.60. The molecule has 0 saturated carbocycles. The van der Waals surface area contributed by atoms with Crippen molar-refractivity contribution in [3.05, 3.63) is 60.1 Å². The Balaban J connectivity index is 1.90. The molecule has 0 spiro atoms. The van der Waals surface area contributed by atoms with Gasteiger partial charge in [0.05, 0.1) is 11.8 Å². The van der Waals surface area contributed by atoms with Crippen LogP contribution in [0.4, 0.5) is 0 Å². The van der Waals surface area contributed by atoms with Crippen LogP contribution in [0.15, 0.2) is 53.1 Å². The Hall–Kier alpha value is -2.33. The molecule has 4 nitrogen and oxygen atoms in total. The summed E-state index contributed by atoms with van der Waals surface area (Å²) >= 11 is 0. The second-order valence-electron chi connectivity index (χ2n) is 5.53. The molecule has 0 aliphatic carbocycles. The lowest BCUT2D eigenvalue weighted by molar-refractivity contribution is -0.126. The van der Waals surface area contributed by atoms with Crippen molar-refractivity contribution in [2.24, 2.45) is 0 Å². The third-order valence-corrected chi connectivity index (χ3v) is 3.94. The van der Waals surface area contributed by atoms with Gasteiger partial charge in [-0.1, -0.05) is 30.3 Å². The number of nitrogens with zero attached hydrogens (tertiary/aromatic N) is 2. The minimum Gasteiger partial charge on any atom is -0.465 e. The first-order chi connectivity index (χ1) is 10.7. The van der Waals surface area contributed by atoms with Crippen LogP contribution < -0.4 is 0 Å². The zero-order valence-corrected chi connectivity index (χ0v) is 12.7. The van der Waals surface area contributed by atoms with Gasteiger partial charge in [0.1, 0.15) is 5.76 Å². The molecule has 1 aromatic carbocycles. The van der Waals surface area contributed by atoms with Gasteiger partial charge in [0, 0.05) is 26.2 Å². The molecule has 0 bridgehead atoms. The van der Waals surface area contributed by atoms with Crippen LogP contribution in [0.2, 0.25) is 0 Å². The molecule has 22 heavy (non-hydrogen) atoms. The fraction of sp³-hybridized carbons (Fsp3) is 0.278. The van der Waals surface area contributed by atoms with Crippen molar-refractivity contribution in [3.8, 4) is 0 Å². The van der Waals surface area contributed by atoms with Crippen LogP contribution in [0.5, 0.6) is 0 Å². The number of hydrogen-bond acceptors (Lipinski definition) is 3. The highest BCUT2D eigenvalue weighted by molar-refractivity contribution is 6.24. The summed E-state index contributed by atoms with van der Waals surface area (Å²) in [7, 11) is 2.08. The van der Waals surface area contributed by atoms with Gasteiger partial charge < -0.3 is 14.2 Å². The van der Waals surface area contributed by atoms with Gasteiger partial charge in [-0.25, -0.2) is 0 Å². The third kappa shape index (κ3) is 3.28. The Morgan fingerprint density at radius 3 is 2.41 bits per heavy atom. The first-order valence-corrected chi connectivity index (χ1v) is 7.52. The molecule has 114 valence electrons. The Morgan fingerprint density at radius 2 is 1.77 bits per heavy atom. The van der Waals surface area contributed by atoms with E-state index in [1.807, 2.05) is 53.4 Å². The Labute approximate surface area is 130 Å². The summed E-state index contributed by atoms with van der Waals surface area (Å²) in [6, 6.07) is 13.5. The Morgan fingerprint density at radius 1 is 1.05 bits per heavy atom. The number of hydrogen-bond donors (Lipinski definition) is 0. The summed E-state index contributed by atoms with van der Waals surface area (Å²) < 4.78 is 5.38. The van der Waals surface area contributed by atoms with Crippen LogP contribution in [-0.2, 0) is 4.79 Å². The molecule has 2 heterocycles. The van der Waals surface area contributed by atoms with Crippen LogP contribution in [0.1, 0.15) is 11.3 Å². The highest BCUT2D eigenvalue weighted by Gasteiger charge is 2.23. The highest BCUT2D eigenvalue weighted by atomic mass is 16.3. The zero-order valence-electron chi connectivity index (χ0n) is 12.7. The van der Waals surface area contributed by atoms with Crippen LogP contribution >= 0.6 is 0 Å². The number of carbonyl (C=O) groups excluding carboxylic acids is 1. The molecule has 1 aliphatic rings. The molecule has 1 saturated heterocycles. The van der Waals surface area contributed by atoms with E-state index in [1.54, 1.807) is 6.26 Å². The normalized spacial score (nSPS) is 16.8. The van der Waals surface area contributed by atoms with Crippen molar-refractivity contribution in [3.63, 3.8) is 0 Å². The van der Waals surface area contributed by atoms with E-state index < -0.39 is 0 Å². The first-order valence-electron chi connectivity index (χ1n) is 7.52. The fourth-order valence-electron chi connectivity index (χ4n) is 2.58. The van der Waals surface area contributed by atoms with Gasteiger partial charge in [0.25, 0.3) is 5.91 Å². The van der Waals surface area contributed by atoms with Crippen LogP contribution in [0, 0.1) is 0 Å². The zero-order chi connectivity index (χ0) is 15.4. The maximum Gasteiger partial charge on any atom is 0.254 e. The number of carbonyl (C=O) groups is 1. The molecule has 0 unspecified atom stereocenters. The molecule has 0 radical (unpaired) electrons. The van der Waals surface area contributed by atoms with E-state index in [1.165, 1.54) is 0 Å². The lowest BCUT2D eigenvalue weighted by Crippen LogP contribution is -2.47. The molecule has 3 rings (SSSR count). The average Bonchev–Trinajstić information content (AvgIpc) is 3.07. The van der Waals surface area contributed by atoms with Crippen LogP contribution in [-0.4, -0.2) is 48.9 Å². The van der Waals surface area contributed by atoms with E-state index in [0.29, 0.717) is 11.3 Å². The van der Waals surface area contributed by atoms with E-state index in [2.05, 4.69) is 11.9 Å². The number of furan rings is 1. The molecule has 4 heteroatoms. The minimum absolute atomic E-state index is 0.0655. The molecule has 1 aliphatic heterocycles. The van der Waals surface area contributed by atoms with Gasteiger partial charge in [-0.2, -0.15) is 0 Å². The predicted molar refractivity (Wildman–Crippen MR) is 87.1 cm³/mol. The predicted octanol–water partition coefficient (Wildman–Crippen LogP) is 2.59. The van der Waals surface area contributed by atoms with Crippen molar-refractivity contribution < 1.29 is 9.21 Å². The van der Waals surface area contributed by atoms with Gasteiger partial charge >= 0.3 is 0 Å². The summed E-state index contributed by atoms with van der Waals surface area (Å²) in [4.78, 5) is 17.1. The van der Waals surface area contributed by atoms with Crippen molar-refractivity contribution in [1.29, 1.82) is 0 Å². The molecule has 1 fully saturated rings. The second-order valence-corrected chi connectivity index (χ2v) is 5.53. The van der Waals surface area contributed by atoms with Crippen molar-refractivity contribution >= 4 is 17.6 Å². The van der Waals surface area contributed by atoms with Crippen molar-refractivity contribution in [2.45, 2.75) is 0 Å². The molecular formula is C18H20N2O2. The van der Waals surface area contributed by atoms with Crippen molar-refractivity contribution in [1.82, 2.24) is 9.80 Å². The molecule has 0 atom stereocenters. The summed E-state index contributed by atoms with van der Waals surface area (Å²) in [5, 5.41) is 0. The van der Waals surface area contributed by atoms with Gasteiger partial charge in [-0.05, 0) is 30.8 Å². The van der Waals surface area contributed by atoms with Gasteiger partial charge in [-0.3, -0.25) is 4.79 Å². The second kappa shape index (κ2) is 6.62. The van der Waals surface area contributed by atoms with Gasteiger partial charge in [0.15, 0.2) is 0 Å². The minimum atomic E-state index is 0.0655. The molecule has 0 N–H and O–H groups in total. The maximum atomic E-state index is 12.9. The lowest BCUT2D eigenvalue weighted by Gasteiger charge is -2.33. The quantitative estimate of drug-likeness (QED) is 0.817. The largest absolute Gasteiger partial charge is 0.465 e. The van der Waals surface area contributed by atoms with E-state index in [-0.39, 0.29) is 5.91 Å². The first kappa shape index (κ1) is 14.6. The Bertz CT molecular complexity index is 639. The smallest absolute Gasteiger partial charge is 0.254 e. The number of amides is 1. The maximum absolute atomic E-state index is 12.9. The SMILES string of the molecule is CN1CCN(C(=O)C(=Cc2ccco2)c2ccccc2)CC1. The summed E-state index contributed by atoms with van der Waals surface area (Å²) in [6.07, 6.45) is 3.45. The molecular weight excluding hydrogens is 276 g/mol. The molecule has 1 amide bonds. The number of piperazine rings is 1. The van der Waals surface area contributed by atoms with E-state index in [9.17, 15) is 4.79 Å². The van der Waals surface area contributed by atoms with Crippen molar-refractivity contribution in [2.75, 3.05) is 33.2 Å². The fourth-order valence-corrected chi connectivity index (χ4v) is 2.58. The van der Waals surface area contributed by atoms with Crippen LogP contribution in [0.25, 0.3) is 11.6 Å². The molecule has 2 aromatic rings. The number of likely N-dealkylation sites (N-methyl/N-ethyl adjacent to an activating group) is 1. The number of rotatable bonds is 3. The van der Waals surface area contributed by atoms with E-state index in [0.717, 1.165) is 31.7 Å². The summed E-state index contributed by atoms with van der Waals surface area (Å²) in [5.74, 6) is 0.761. The van der Waals surface area contributed by atoms with E-state index >= 15 is 0 Å². The topological polar surface area (TPSA) is 36.7 Å². The van der Waals surface area contributed by atoms with E-state index in [4.69, 9.17) is 4.42 Å². The average molecular weight is 296 g/mol. The number of benzene rings is 1. The van der Waals surface area contributed by atoms with Gasteiger partial charge in [0.2, 0.25) is 0 Å². The lowest BCUT2D eigenvalue weighted by atomic mass is 10.0. The van der Waals surface area contributed by atoms with Crippen LogP contribution in [0.3, 0.4) is 0 Å². The Kier molecular flexibility index (Phi) is 4.39. The third-order valence-electron chi connectivity index (χ3n) is 3.94.